The lowest BCUT2D eigenvalue weighted by molar-refractivity contribution is -0.117. The van der Waals surface area contributed by atoms with Crippen LogP contribution in [0, 0.1) is 5.92 Å². The highest BCUT2D eigenvalue weighted by Gasteiger charge is 2.31. The lowest BCUT2D eigenvalue weighted by Crippen LogP contribution is -2.34. The first-order valence-electron chi connectivity index (χ1n) is 9.85. The fraction of sp³-hybridized carbons (Fsp3) is 0.455. The summed E-state index contributed by atoms with van der Waals surface area (Å²) in [6, 6.07) is 11.9. The maximum absolute atomic E-state index is 13.3. The average Bonchev–Trinajstić information content (AvgIpc) is 3.45. The summed E-state index contributed by atoms with van der Waals surface area (Å²) in [6.07, 6.45) is 7.66. The van der Waals surface area contributed by atoms with Crippen molar-refractivity contribution in [1.29, 1.82) is 0 Å². The molecular weight excluding hydrogens is 324 g/mol. The summed E-state index contributed by atoms with van der Waals surface area (Å²) in [4.78, 5) is 27.6. The minimum atomic E-state index is 0.0435. The molecule has 2 aromatic rings. The van der Waals surface area contributed by atoms with E-state index in [-0.39, 0.29) is 17.7 Å². The first kappa shape index (κ1) is 17.1. The van der Waals surface area contributed by atoms with Crippen LogP contribution < -0.4 is 5.32 Å². The van der Waals surface area contributed by atoms with Gasteiger partial charge in [0.1, 0.15) is 0 Å². The molecular formula is C22H26N2O2. The highest BCUT2D eigenvalue weighted by Crippen LogP contribution is 2.32. The molecule has 4 nitrogen and oxygen atoms in total. The molecule has 1 saturated heterocycles. The quantitative estimate of drug-likeness (QED) is 0.880. The van der Waals surface area contributed by atoms with Gasteiger partial charge in [-0.15, -0.1) is 0 Å². The second-order valence-corrected chi connectivity index (χ2v) is 7.57. The Labute approximate surface area is 154 Å². The van der Waals surface area contributed by atoms with Crippen LogP contribution in [0.1, 0.15) is 55.3 Å². The molecule has 2 fully saturated rings. The first-order valence-corrected chi connectivity index (χ1v) is 9.85. The van der Waals surface area contributed by atoms with Gasteiger partial charge in [-0.2, -0.15) is 0 Å². The van der Waals surface area contributed by atoms with E-state index in [0.717, 1.165) is 49.5 Å². The Hall–Kier alpha value is -2.36. The molecule has 2 aromatic carbocycles. The minimum absolute atomic E-state index is 0.0435. The summed E-state index contributed by atoms with van der Waals surface area (Å²) in [5.74, 6) is 0.205. The molecule has 1 N–H and O–H groups in total. The normalized spacial score (nSPS) is 18.2. The summed E-state index contributed by atoms with van der Waals surface area (Å²) in [6.45, 7) is 1.61. The zero-order chi connectivity index (χ0) is 17.9. The van der Waals surface area contributed by atoms with E-state index >= 15 is 0 Å². The van der Waals surface area contributed by atoms with Gasteiger partial charge in [0.05, 0.1) is 11.3 Å². The van der Waals surface area contributed by atoms with Crippen LogP contribution in [0.25, 0.3) is 10.8 Å². The summed E-state index contributed by atoms with van der Waals surface area (Å²) in [7, 11) is 0. The van der Waals surface area contributed by atoms with Gasteiger partial charge in [-0.3, -0.25) is 9.59 Å². The molecule has 1 aliphatic carbocycles. The van der Waals surface area contributed by atoms with E-state index in [0.29, 0.717) is 11.3 Å². The third-order valence-electron chi connectivity index (χ3n) is 5.47. The third kappa shape index (κ3) is 3.74. The SMILES string of the molecule is O=C(Nc1cc2ccccc2cc1C(=O)N1CCCCCCC1)C1CC1. The van der Waals surface area contributed by atoms with Gasteiger partial charge in [-0.25, -0.2) is 0 Å². The second-order valence-electron chi connectivity index (χ2n) is 7.57. The van der Waals surface area contributed by atoms with Crippen LogP contribution in [0.4, 0.5) is 5.69 Å². The molecule has 0 bridgehead atoms. The largest absolute Gasteiger partial charge is 0.339 e. The number of nitrogens with one attached hydrogen (secondary N) is 1. The van der Waals surface area contributed by atoms with Crippen LogP contribution in [0.15, 0.2) is 36.4 Å². The van der Waals surface area contributed by atoms with Crippen LogP contribution in [0.5, 0.6) is 0 Å². The van der Waals surface area contributed by atoms with Gasteiger partial charge in [0.25, 0.3) is 5.91 Å². The number of rotatable bonds is 3. The van der Waals surface area contributed by atoms with Gasteiger partial charge >= 0.3 is 0 Å². The van der Waals surface area contributed by atoms with Crippen LogP contribution in [0.3, 0.4) is 0 Å². The van der Waals surface area contributed by atoms with Gasteiger partial charge in [0.2, 0.25) is 5.91 Å². The summed E-state index contributed by atoms with van der Waals surface area (Å²) >= 11 is 0. The molecule has 0 aromatic heterocycles. The van der Waals surface area contributed by atoms with Crippen molar-refractivity contribution in [2.24, 2.45) is 5.92 Å². The van der Waals surface area contributed by atoms with Gasteiger partial charge < -0.3 is 10.2 Å². The van der Waals surface area contributed by atoms with E-state index in [1.807, 2.05) is 41.3 Å². The third-order valence-corrected chi connectivity index (χ3v) is 5.47. The number of nitrogens with zero attached hydrogens (tertiary/aromatic N) is 1. The highest BCUT2D eigenvalue weighted by atomic mass is 16.2. The molecule has 2 amide bonds. The molecule has 0 radical (unpaired) electrons. The van der Waals surface area contributed by atoms with Crippen molar-refractivity contribution in [3.05, 3.63) is 42.0 Å². The van der Waals surface area contributed by atoms with Gasteiger partial charge in [-0.05, 0) is 48.6 Å². The van der Waals surface area contributed by atoms with E-state index in [9.17, 15) is 9.59 Å². The van der Waals surface area contributed by atoms with E-state index < -0.39 is 0 Å². The predicted molar refractivity (Wildman–Crippen MR) is 104 cm³/mol. The van der Waals surface area contributed by atoms with Crippen molar-refractivity contribution in [2.45, 2.75) is 44.9 Å². The number of carbonyl (C=O) groups excluding carboxylic acids is 2. The highest BCUT2D eigenvalue weighted by molar-refractivity contribution is 6.08. The van der Waals surface area contributed by atoms with Crippen molar-refractivity contribution >= 4 is 28.3 Å². The Bertz CT molecular complexity index is 818. The molecule has 0 spiro atoms. The Balaban J connectivity index is 1.68. The van der Waals surface area contributed by atoms with Crippen molar-refractivity contribution < 1.29 is 9.59 Å². The summed E-state index contributed by atoms with van der Waals surface area (Å²) in [5.41, 5.74) is 1.28. The van der Waals surface area contributed by atoms with Gasteiger partial charge in [0, 0.05) is 19.0 Å². The zero-order valence-corrected chi connectivity index (χ0v) is 15.2. The lowest BCUT2D eigenvalue weighted by atomic mass is 10.0. The fourth-order valence-corrected chi connectivity index (χ4v) is 3.72. The Kier molecular flexibility index (Phi) is 4.91. The summed E-state index contributed by atoms with van der Waals surface area (Å²) in [5, 5.41) is 5.10. The number of carbonyl (C=O) groups is 2. The molecule has 1 aliphatic heterocycles. The Morgan fingerprint density at radius 3 is 2.15 bits per heavy atom. The topological polar surface area (TPSA) is 49.4 Å². The number of benzene rings is 2. The molecule has 4 rings (SSSR count). The van der Waals surface area contributed by atoms with E-state index in [1.165, 1.54) is 19.3 Å². The van der Waals surface area contributed by atoms with Gasteiger partial charge in [-0.1, -0.05) is 43.5 Å². The number of amides is 2. The van der Waals surface area contributed by atoms with Crippen molar-refractivity contribution in [3.63, 3.8) is 0 Å². The van der Waals surface area contributed by atoms with Crippen LogP contribution in [-0.4, -0.2) is 29.8 Å². The average molecular weight is 350 g/mol. The van der Waals surface area contributed by atoms with Crippen molar-refractivity contribution in [2.75, 3.05) is 18.4 Å². The number of hydrogen-bond donors (Lipinski definition) is 1. The van der Waals surface area contributed by atoms with Crippen molar-refractivity contribution in [3.8, 4) is 0 Å². The lowest BCUT2D eigenvalue weighted by Gasteiger charge is -2.26. The molecule has 136 valence electrons. The molecule has 1 saturated carbocycles. The van der Waals surface area contributed by atoms with Crippen molar-refractivity contribution in [1.82, 2.24) is 4.90 Å². The van der Waals surface area contributed by atoms with Crippen LogP contribution in [0.2, 0.25) is 0 Å². The smallest absolute Gasteiger partial charge is 0.255 e. The van der Waals surface area contributed by atoms with E-state index in [2.05, 4.69) is 5.32 Å². The van der Waals surface area contributed by atoms with E-state index in [4.69, 9.17) is 0 Å². The predicted octanol–water partition coefficient (Wildman–Crippen LogP) is 4.59. The number of anilines is 1. The van der Waals surface area contributed by atoms with Crippen LogP contribution >= 0.6 is 0 Å². The first-order chi connectivity index (χ1) is 12.7. The maximum atomic E-state index is 13.3. The van der Waals surface area contributed by atoms with Crippen LogP contribution in [-0.2, 0) is 4.79 Å². The summed E-state index contributed by atoms with van der Waals surface area (Å²) < 4.78 is 0. The fourth-order valence-electron chi connectivity index (χ4n) is 3.72. The number of fused-ring (bicyclic) bond motifs is 1. The number of hydrogen-bond acceptors (Lipinski definition) is 2. The van der Waals surface area contributed by atoms with Gasteiger partial charge in [0.15, 0.2) is 0 Å². The monoisotopic (exact) mass is 350 g/mol. The maximum Gasteiger partial charge on any atom is 0.255 e. The molecule has 4 heteroatoms. The number of likely N-dealkylation sites (tertiary alicyclic amines) is 1. The minimum Gasteiger partial charge on any atom is -0.339 e. The molecule has 0 unspecified atom stereocenters. The van der Waals surface area contributed by atoms with E-state index in [1.54, 1.807) is 0 Å². The molecule has 0 atom stereocenters. The molecule has 2 aliphatic rings. The molecule has 1 heterocycles. The Morgan fingerprint density at radius 2 is 1.50 bits per heavy atom. The standard InChI is InChI=1S/C22H26N2O2/c25-21(16-10-11-16)23-20-15-18-9-5-4-8-17(18)14-19(20)22(26)24-12-6-2-1-3-7-13-24/h4-5,8-9,14-16H,1-3,6-7,10-13H2,(H,23,25). The zero-order valence-electron chi connectivity index (χ0n) is 15.2. The Morgan fingerprint density at radius 1 is 0.885 bits per heavy atom. The molecule has 26 heavy (non-hydrogen) atoms. The second kappa shape index (κ2) is 7.48.